The molecule has 0 bridgehead atoms. The number of anilines is 1. The minimum Gasteiger partial charge on any atom is -0.481 e. The molecule has 3 rings (SSSR count). The molecule has 0 saturated heterocycles. The van der Waals surface area contributed by atoms with Crippen LogP contribution >= 0.6 is 0 Å². The van der Waals surface area contributed by atoms with E-state index in [4.69, 9.17) is 0 Å². The van der Waals surface area contributed by atoms with Crippen molar-refractivity contribution in [2.45, 2.75) is 13.3 Å². The number of hydrogen-bond donors (Lipinski definition) is 1. The molecule has 0 amide bonds. The smallest absolute Gasteiger partial charge is 0.307 e. The number of nitrogens with zero attached hydrogens (tertiary/aromatic N) is 1. The molecule has 1 aliphatic rings. The van der Waals surface area contributed by atoms with Crippen LogP contribution in [0.1, 0.15) is 30.0 Å². The molecule has 2 aromatic carbocycles. The fourth-order valence-electron chi connectivity index (χ4n) is 3.64. The van der Waals surface area contributed by atoms with Gasteiger partial charge in [0.05, 0.1) is 11.3 Å². The van der Waals surface area contributed by atoms with E-state index < -0.39 is 15.8 Å². The Labute approximate surface area is 165 Å². The number of benzene rings is 2. The quantitative estimate of drug-likeness (QED) is 0.827. The molecule has 6 heteroatoms. The van der Waals surface area contributed by atoms with Gasteiger partial charge >= 0.3 is 5.97 Å². The lowest BCUT2D eigenvalue weighted by molar-refractivity contribution is -0.135. The van der Waals surface area contributed by atoms with Crippen molar-refractivity contribution in [2.75, 3.05) is 25.3 Å². The predicted octanol–water partition coefficient (Wildman–Crippen LogP) is 3.93. The molecule has 146 valence electrons. The maximum Gasteiger partial charge on any atom is 0.307 e. The molecule has 0 aromatic heterocycles. The summed E-state index contributed by atoms with van der Waals surface area (Å²) in [4.78, 5) is 13.7. The number of hydrogen-bond acceptors (Lipinski definition) is 4. The highest BCUT2D eigenvalue weighted by Crippen LogP contribution is 2.48. The maximum atomic E-state index is 12.8. The van der Waals surface area contributed by atoms with E-state index >= 15 is 0 Å². The lowest BCUT2D eigenvalue weighted by Gasteiger charge is -2.16. The Kier molecular flexibility index (Phi) is 5.17. The number of allylic oxidation sites excluding steroid dienone is 2. The van der Waals surface area contributed by atoms with E-state index in [1.165, 1.54) is 6.26 Å². The van der Waals surface area contributed by atoms with Gasteiger partial charge in [0.15, 0.2) is 9.84 Å². The highest BCUT2D eigenvalue weighted by molar-refractivity contribution is 8.00. The van der Waals surface area contributed by atoms with Crippen LogP contribution in [0.5, 0.6) is 0 Å². The van der Waals surface area contributed by atoms with E-state index in [2.05, 4.69) is 0 Å². The summed E-state index contributed by atoms with van der Waals surface area (Å²) in [6, 6.07) is 14.7. The largest absolute Gasteiger partial charge is 0.481 e. The van der Waals surface area contributed by atoms with Gasteiger partial charge in [-0.15, -0.1) is 0 Å². The van der Waals surface area contributed by atoms with Crippen molar-refractivity contribution < 1.29 is 18.3 Å². The average Bonchev–Trinajstić information content (AvgIpc) is 2.87. The van der Waals surface area contributed by atoms with Crippen LogP contribution in [0.3, 0.4) is 0 Å². The van der Waals surface area contributed by atoms with E-state index in [1.807, 2.05) is 43.3 Å². The SMILES string of the molecule is CC1=C(CC(=O)O)c2cc(N(C)C)ccc2C1=C(c1ccccc1)S(C)(=O)=O. The maximum absolute atomic E-state index is 12.8. The van der Waals surface area contributed by atoms with Gasteiger partial charge in [-0.25, -0.2) is 8.42 Å². The number of carboxylic acids is 1. The molecular formula is C22H23NO4S. The topological polar surface area (TPSA) is 74.7 Å². The monoisotopic (exact) mass is 397 g/mol. The van der Waals surface area contributed by atoms with E-state index in [-0.39, 0.29) is 11.3 Å². The number of sulfone groups is 1. The van der Waals surface area contributed by atoms with Crippen molar-refractivity contribution in [1.29, 1.82) is 0 Å². The van der Waals surface area contributed by atoms with Gasteiger partial charge in [-0.2, -0.15) is 0 Å². The third-order valence-corrected chi connectivity index (χ3v) is 6.08. The first-order valence-corrected chi connectivity index (χ1v) is 10.7. The van der Waals surface area contributed by atoms with Crippen LogP contribution in [0.2, 0.25) is 0 Å². The van der Waals surface area contributed by atoms with Gasteiger partial charge in [0, 0.05) is 31.6 Å². The molecule has 0 saturated carbocycles. The third-order valence-electron chi connectivity index (χ3n) is 4.90. The summed E-state index contributed by atoms with van der Waals surface area (Å²) in [5, 5.41) is 9.42. The Morgan fingerprint density at radius 1 is 1.04 bits per heavy atom. The summed E-state index contributed by atoms with van der Waals surface area (Å²) in [5.74, 6) is -0.947. The Bertz CT molecular complexity index is 1110. The van der Waals surface area contributed by atoms with Gasteiger partial charge in [-0.05, 0) is 46.9 Å². The summed E-state index contributed by atoms with van der Waals surface area (Å²) in [5.41, 5.74) is 4.98. The van der Waals surface area contributed by atoms with Crippen LogP contribution in [0, 0.1) is 0 Å². The summed E-state index contributed by atoms with van der Waals surface area (Å²) >= 11 is 0. The fraction of sp³-hybridized carbons (Fsp3) is 0.227. The van der Waals surface area contributed by atoms with Crippen molar-refractivity contribution in [3.63, 3.8) is 0 Å². The van der Waals surface area contributed by atoms with Gasteiger partial charge in [-0.3, -0.25) is 4.79 Å². The van der Waals surface area contributed by atoms with Crippen molar-refractivity contribution in [2.24, 2.45) is 0 Å². The first kappa shape index (κ1) is 19.9. The number of aliphatic carboxylic acids is 1. The van der Waals surface area contributed by atoms with Crippen LogP contribution in [-0.4, -0.2) is 39.8 Å². The molecule has 0 unspecified atom stereocenters. The first-order valence-electron chi connectivity index (χ1n) is 8.85. The van der Waals surface area contributed by atoms with E-state index in [0.29, 0.717) is 22.3 Å². The summed E-state index contributed by atoms with van der Waals surface area (Å²) in [7, 11) is 0.251. The Hall–Kier alpha value is -2.86. The van der Waals surface area contributed by atoms with Crippen molar-refractivity contribution in [3.8, 4) is 0 Å². The molecule has 1 aliphatic carbocycles. The average molecular weight is 397 g/mol. The molecule has 0 aliphatic heterocycles. The second kappa shape index (κ2) is 7.28. The normalized spacial score (nSPS) is 15.4. The number of fused-ring (bicyclic) bond motifs is 1. The second-order valence-corrected chi connectivity index (χ2v) is 9.09. The third kappa shape index (κ3) is 3.60. The van der Waals surface area contributed by atoms with Gasteiger partial charge in [0.25, 0.3) is 0 Å². The molecule has 0 atom stereocenters. The molecule has 2 aromatic rings. The Balaban J connectivity index is 2.42. The minimum atomic E-state index is -3.57. The molecule has 0 fully saturated rings. The van der Waals surface area contributed by atoms with Crippen LogP contribution in [0.15, 0.2) is 54.1 Å². The lowest BCUT2D eigenvalue weighted by Crippen LogP contribution is -2.09. The Morgan fingerprint density at radius 2 is 1.68 bits per heavy atom. The molecule has 28 heavy (non-hydrogen) atoms. The van der Waals surface area contributed by atoms with E-state index in [0.717, 1.165) is 16.8 Å². The summed E-state index contributed by atoms with van der Waals surface area (Å²) < 4.78 is 25.5. The molecule has 0 spiro atoms. The summed E-state index contributed by atoms with van der Waals surface area (Å²) in [6.45, 7) is 1.80. The van der Waals surface area contributed by atoms with Crippen molar-refractivity contribution in [3.05, 3.63) is 70.8 Å². The van der Waals surface area contributed by atoms with Gasteiger partial charge in [0.1, 0.15) is 0 Å². The van der Waals surface area contributed by atoms with Gasteiger partial charge < -0.3 is 10.0 Å². The van der Waals surface area contributed by atoms with Gasteiger partial charge in [0.2, 0.25) is 0 Å². The lowest BCUT2D eigenvalue weighted by atomic mass is 9.99. The zero-order valence-corrected chi connectivity index (χ0v) is 17.2. The highest BCUT2D eigenvalue weighted by atomic mass is 32.2. The number of carboxylic acid groups (broad SMARTS) is 1. The zero-order chi connectivity index (χ0) is 20.6. The number of rotatable bonds is 5. The molecular weight excluding hydrogens is 374 g/mol. The van der Waals surface area contributed by atoms with E-state index in [9.17, 15) is 18.3 Å². The molecule has 0 heterocycles. The van der Waals surface area contributed by atoms with Crippen molar-refractivity contribution in [1.82, 2.24) is 0 Å². The zero-order valence-electron chi connectivity index (χ0n) is 16.4. The number of carbonyl (C=O) groups is 1. The molecule has 1 N–H and O–H groups in total. The second-order valence-electron chi connectivity index (χ2n) is 7.14. The molecule has 5 nitrogen and oxygen atoms in total. The van der Waals surface area contributed by atoms with E-state index in [1.54, 1.807) is 31.2 Å². The minimum absolute atomic E-state index is 0.162. The van der Waals surface area contributed by atoms with Crippen molar-refractivity contribution >= 4 is 37.5 Å². The van der Waals surface area contributed by atoms with Crippen LogP contribution in [0.25, 0.3) is 16.1 Å². The highest BCUT2D eigenvalue weighted by Gasteiger charge is 2.31. The standard InChI is InChI=1S/C22H23NO4S/c1-14-18(13-20(24)25)19-12-16(23(2)3)10-11-17(19)21(14)22(28(4,26)27)15-8-6-5-7-9-15/h5-12H,13H2,1-4H3,(H,24,25). The van der Waals surface area contributed by atoms with Gasteiger partial charge in [-0.1, -0.05) is 36.4 Å². The van der Waals surface area contributed by atoms with Crippen LogP contribution in [-0.2, 0) is 14.6 Å². The molecule has 0 radical (unpaired) electrons. The Morgan fingerprint density at radius 3 is 2.21 bits per heavy atom. The predicted molar refractivity (Wildman–Crippen MR) is 114 cm³/mol. The van der Waals surface area contributed by atoms with Crippen LogP contribution in [0.4, 0.5) is 5.69 Å². The summed E-state index contributed by atoms with van der Waals surface area (Å²) in [6.07, 6.45) is 1.03. The first-order chi connectivity index (χ1) is 13.1. The fourth-order valence-corrected chi connectivity index (χ4v) is 4.84. The van der Waals surface area contributed by atoms with Crippen LogP contribution < -0.4 is 4.90 Å².